The molecular formula is C21H29N5O2. The van der Waals surface area contributed by atoms with Gasteiger partial charge in [0.1, 0.15) is 0 Å². The minimum absolute atomic E-state index is 0.0102. The van der Waals surface area contributed by atoms with E-state index in [2.05, 4.69) is 33.8 Å². The second-order valence-corrected chi connectivity index (χ2v) is 6.84. The maximum Gasteiger partial charge on any atom is 0.274 e. The fraction of sp³-hybridized carbons (Fsp3) is 0.381. The SMILES string of the molecule is C=C(/C=C\C(=N/C)OC)[C@@H]([C@H](C)Nc1nn(C)c(=O)c2ccccc12)N(C)C. The third-order valence-electron chi connectivity index (χ3n) is 4.60. The van der Waals surface area contributed by atoms with Gasteiger partial charge in [0, 0.05) is 31.6 Å². The molecule has 28 heavy (non-hydrogen) atoms. The van der Waals surface area contributed by atoms with E-state index in [9.17, 15) is 4.79 Å². The Balaban J connectivity index is 2.34. The third kappa shape index (κ3) is 4.67. The van der Waals surface area contributed by atoms with Crippen molar-refractivity contribution in [2.75, 3.05) is 33.6 Å². The predicted molar refractivity (Wildman–Crippen MR) is 116 cm³/mol. The molecule has 0 aliphatic carbocycles. The first kappa shape index (κ1) is 21.4. The van der Waals surface area contributed by atoms with Crippen LogP contribution in [0.25, 0.3) is 10.8 Å². The summed E-state index contributed by atoms with van der Waals surface area (Å²) >= 11 is 0. The lowest BCUT2D eigenvalue weighted by atomic mass is 10.00. The molecule has 1 heterocycles. The molecule has 0 radical (unpaired) electrons. The Kier molecular flexibility index (Phi) is 7.12. The summed E-state index contributed by atoms with van der Waals surface area (Å²) in [5, 5.41) is 9.33. The number of rotatable bonds is 7. The van der Waals surface area contributed by atoms with Gasteiger partial charge in [-0.1, -0.05) is 30.9 Å². The van der Waals surface area contributed by atoms with Crippen LogP contribution in [0.4, 0.5) is 5.82 Å². The number of likely N-dealkylation sites (N-methyl/N-ethyl adjacent to an activating group) is 1. The molecule has 0 fully saturated rings. The number of aryl methyl sites for hydroxylation is 1. The number of fused-ring (bicyclic) bond motifs is 1. The van der Waals surface area contributed by atoms with Crippen LogP contribution in [0, 0.1) is 0 Å². The Hall–Kier alpha value is -2.93. The summed E-state index contributed by atoms with van der Waals surface area (Å²) in [7, 11) is 8.92. The van der Waals surface area contributed by atoms with Gasteiger partial charge < -0.3 is 15.0 Å². The van der Waals surface area contributed by atoms with E-state index >= 15 is 0 Å². The van der Waals surface area contributed by atoms with E-state index < -0.39 is 0 Å². The summed E-state index contributed by atoms with van der Waals surface area (Å²) in [6.45, 7) is 6.28. The first-order valence-electron chi connectivity index (χ1n) is 9.06. The highest BCUT2D eigenvalue weighted by Gasteiger charge is 2.23. The number of hydrogen-bond donors (Lipinski definition) is 1. The number of nitrogens with zero attached hydrogens (tertiary/aromatic N) is 4. The van der Waals surface area contributed by atoms with E-state index in [4.69, 9.17) is 4.74 Å². The molecule has 0 aliphatic rings. The quantitative estimate of drug-likeness (QED) is 0.452. The molecule has 7 heteroatoms. The zero-order valence-corrected chi connectivity index (χ0v) is 17.4. The standard InChI is InChI=1S/C21H29N5O2/c1-14(12-13-18(22-3)28-7)19(25(4)5)15(2)23-20-16-10-8-9-11-17(16)21(27)26(6)24-20/h8-13,15,19H,1H2,2-7H3,(H,23,24)/b13-12-,22-18+/t15-,19-/m0/s1. The van der Waals surface area contributed by atoms with Crippen molar-refractivity contribution in [2.24, 2.45) is 12.0 Å². The van der Waals surface area contributed by atoms with Crippen molar-refractivity contribution < 1.29 is 4.74 Å². The molecule has 150 valence electrons. The maximum absolute atomic E-state index is 12.3. The first-order chi connectivity index (χ1) is 13.3. The fourth-order valence-corrected chi connectivity index (χ4v) is 3.31. The van der Waals surface area contributed by atoms with Gasteiger partial charge in [-0.25, -0.2) is 4.68 Å². The predicted octanol–water partition coefficient (Wildman–Crippen LogP) is 2.45. The van der Waals surface area contributed by atoms with Crippen LogP contribution in [-0.4, -0.2) is 60.9 Å². The second-order valence-electron chi connectivity index (χ2n) is 6.84. The van der Waals surface area contributed by atoms with Gasteiger partial charge in [0.15, 0.2) is 5.82 Å². The minimum Gasteiger partial charge on any atom is -0.481 e. The Morgan fingerprint density at radius 1 is 1.32 bits per heavy atom. The van der Waals surface area contributed by atoms with Crippen molar-refractivity contribution in [1.82, 2.24) is 14.7 Å². The summed E-state index contributed by atoms with van der Waals surface area (Å²) in [4.78, 5) is 18.5. The van der Waals surface area contributed by atoms with Crippen LogP contribution in [0.2, 0.25) is 0 Å². The number of aliphatic imine (C=N–C) groups is 1. The highest BCUT2D eigenvalue weighted by Crippen LogP contribution is 2.21. The molecule has 2 aromatic rings. The molecule has 1 N–H and O–H groups in total. The molecule has 0 saturated carbocycles. The zero-order chi connectivity index (χ0) is 20.8. The van der Waals surface area contributed by atoms with E-state index in [1.165, 1.54) is 4.68 Å². The van der Waals surface area contributed by atoms with Gasteiger partial charge in [0.25, 0.3) is 5.56 Å². The van der Waals surface area contributed by atoms with Crippen molar-refractivity contribution in [3.8, 4) is 0 Å². The molecule has 0 bridgehead atoms. The van der Waals surface area contributed by atoms with Gasteiger partial charge in [-0.2, -0.15) is 5.10 Å². The summed E-state index contributed by atoms with van der Waals surface area (Å²) in [6.07, 6.45) is 3.70. The Morgan fingerprint density at radius 2 is 1.96 bits per heavy atom. The van der Waals surface area contributed by atoms with Crippen molar-refractivity contribution >= 4 is 22.5 Å². The number of nitrogens with one attached hydrogen (secondary N) is 1. The summed E-state index contributed by atoms with van der Waals surface area (Å²) in [5.41, 5.74) is 0.786. The normalized spacial score (nSPS) is 14.5. The molecule has 0 spiro atoms. The molecule has 7 nitrogen and oxygen atoms in total. The summed E-state index contributed by atoms with van der Waals surface area (Å²) in [6, 6.07) is 7.45. The lowest BCUT2D eigenvalue weighted by Gasteiger charge is -2.32. The summed E-state index contributed by atoms with van der Waals surface area (Å²) in [5.74, 6) is 1.20. The van der Waals surface area contributed by atoms with Crippen LogP contribution in [0.15, 0.2) is 58.4 Å². The number of aromatic nitrogens is 2. The van der Waals surface area contributed by atoms with Gasteiger partial charge in [0.2, 0.25) is 5.90 Å². The molecule has 0 amide bonds. The van der Waals surface area contributed by atoms with Crippen LogP contribution in [0.1, 0.15) is 6.92 Å². The van der Waals surface area contributed by atoms with E-state index in [1.54, 1.807) is 27.3 Å². The lowest BCUT2D eigenvalue weighted by Crippen LogP contribution is -2.43. The highest BCUT2D eigenvalue weighted by molar-refractivity contribution is 5.91. The van der Waals surface area contributed by atoms with Gasteiger partial charge in [-0.05, 0) is 32.7 Å². The van der Waals surface area contributed by atoms with Crippen LogP contribution in [0.3, 0.4) is 0 Å². The third-order valence-corrected chi connectivity index (χ3v) is 4.60. The molecule has 0 aliphatic heterocycles. The van der Waals surface area contributed by atoms with E-state index in [0.29, 0.717) is 17.1 Å². The number of benzene rings is 1. The van der Waals surface area contributed by atoms with Crippen LogP contribution in [-0.2, 0) is 11.8 Å². The maximum atomic E-state index is 12.3. The molecule has 2 rings (SSSR count). The van der Waals surface area contributed by atoms with Crippen molar-refractivity contribution in [1.29, 1.82) is 0 Å². The van der Waals surface area contributed by atoms with E-state index in [1.807, 2.05) is 44.4 Å². The van der Waals surface area contributed by atoms with E-state index in [0.717, 1.165) is 11.0 Å². The Bertz CT molecular complexity index is 959. The second kappa shape index (κ2) is 9.32. The van der Waals surface area contributed by atoms with E-state index in [-0.39, 0.29) is 17.6 Å². The number of ether oxygens (including phenoxy) is 1. The van der Waals surface area contributed by atoms with Crippen LogP contribution < -0.4 is 10.9 Å². The Morgan fingerprint density at radius 3 is 2.54 bits per heavy atom. The first-order valence-corrected chi connectivity index (χ1v) is 9.06. The molecule has 1 aromatic carbocycles. The zero-order valence-electron chi connectivity index (χ0n) is 17.4. The number of hydrogen-bond acceptors (Lipinski definition) is 6. The van der Waals surface area contributed by atoms with Gasteiger partial charge in [-0.3, -0.25) is 9.79 Å². The molecule has 0 saturated heterocycles. The number of anilines is 1. The lowest BCUT2D eigenvalue weighted by molar-refractivity contribution is 0.310. The largest absolute Gasteiger partial charge is 0.481 e. The molecular weight excluding hydrogens is 354 g/mol. The van der Waals surface area contributed by atoms with Gasteiger partial charge in [0.05, 0.1) is 18.5 Å². The molecule has 0 unspecified atom stereocenters. The van der Waals surface area contributed by atoms with Gasteiger partial charge >= 0.3 is 0 Å². The topological polar surface area (TPSA) is 71.7 Å². The minimum atomic E-state index is -0.115. The van der Waals surface area contributed by atoms with Crippen LogP contribution in [0.5, 0.6) is 0 Å². The van der Waals surface area contributed by atoms with Crippen molar-refractivity contribution in [2.45, 2.75) is 19.0 Å². The van der Waals surface area contributed by atoms with Crippen LogP contribution >= 0.6 is 0 Å². The molecule has 1 aromatic heterocycles. The Labute approximate surface area is 166 Å². The van der Waals surface area contributed by atoms with Gasteiger partial charge in [-0.15, -0.1) is 0 Å². The average Bonchev–Trinajstić information content (AvgIpc) is 2.66. The van der Waals surface area contributed by atoms with Crippen molar-refractivity contribution in [3.05, 3.63) is 58.9 Å². The smallest absolute Gasteiger partial charge is 0.274 e. The summed E-state index contributed by atoms with van der Waals surface area (Å²) < 4.78 is 6.53. The number of methoxy groups -OCH3 is 1. The molecule has 2 atom stereocenters. The monoisotopic (exact) mass is 383 g/mol. The van der Waals surface area contributed by atoms with Crippen molar-refractivity contribution in [3.63, 3.8) is 0 Å². The average molecular weight is 383 g/mol. The fourth-order valence-electron chi connectivity index (χ4n) is 3.31. The highest BCUT2D eigenvalue weighted by atomic mass is 16.5.